The Morgan fingerprint density at radius 3 is 2.60 bits per heavy atom. The Bertz CT molecular complexity index is 357. The Labute approximate surface area is 86.9 Å². The molecule has 0 spiro atoms. The maximum atomic E-state index is 12.7. The second kappa shape index (κ2) is 4.46. The molecule has 0 amide bonds. The largest absolute Gasteiger partial charge is 0.454 e. The molecule has 0 bridgehead atoms. The van der Waals surface area contributed by atoms with E-state index in [1.807, 2.05) is 0 Å². The van der Waals surface area contributed by atoms with Gasteiger partial charge in [0, 0.05) is 6.54 Å². The Kier molecular flexibility index (Phi) is 3.03. The number of fused-ring (bicyclic) bond motifs is 1. The monoisotopic (exact) mass is 213 g/mol. The highest BCUT2D eigenvalue weighted by atomic mass is 19.1. The summed E-state index contributed by atoms with van der Waals surface area (Å²) in [7, 11) is 1.52. The van der Waals surface area contributed by atoms with Crippen molar-refractivity contribution >= 4 is 0 Å². The molecule has 0 saturated heterocycles. The van der Waals surface area contributed by atoms with Crippen LogP contribution in [0.5, 0.6) is 11.5 Å². The van der Waals surface area contributed by atoms with Gasteiger partial charge in [0.1, 0.15) is 6.67 Å². The topological polar surface area (TPSA) is 39.7 Å². The zero-order chi connectivity index (χ0) is 10.7. The minimum absolute atomic E-state index is 0.197. The number of halogens is 1. The van der Waals surface area contributed by atoms with Gasteiger partial charge in [0.25, 0.3) is 0 Å². The Morgan fingerprint density at radius 2 is 2.00 bits per heavy atom. The quantitative estimate of drug-likeness (QED) is 0.770. The van der Waals surface area contributed by atoms with Gasteiger partial charge in [-0.2, -0.15) is 5.48 Å². The number of nitrogens with one attached hydrogen (secondary N) is 1. The molecular formula is C10H12FNO3. The molecule has 1 aliphatic heterocycles. The van der Waals surface area contributed by atoms with E-state index in [1.165, 1.54) is 7.11 Å². The molecule has 4 nitrogen and oxygen atoms in total. The van der Waals surface area contributed by atoms with Crippen molar-refractivity contribution in [3.05, 3.63) is 23.3 Å². The van der Waals surface area contributed by atoms with Gasteiger partial charge < -0.3 is 14.3 Å². The summed E-state index contributed by atoms with van der Waals surface area (Å²) in [5.41, 5.74) is 4.06. The van der Waals surface area contributed by atoms with Crippen LogP contribution in [0.3, 0.4) is 0 Å². The molecule has 1 heterocycles. The van der Waals surface area contributed by atoms with Crippen molar-refractivity contribution in [2.75, 3.05) is 13.9 Å². The van der Waals surface area contributed by atoms with Crippen LogP contribution in [0.15, 0.2) is 12.1 Å². The zero-order valence-corrected chi connectivity index (χ0v) is 8.38. The van der Waals surface area contributed by atoms with E-state index in [9.17, 15) is 4.39 Å². The molecule has 0 radical (unpaired) electrons. The van der Waals surface area contributed by atoms with E-state index < -0.39 is 6.67 Å². The van der Waals surface area contributed by atoms with E-state index >= 15 is 0 Å². The van der Waals surface area contributed by atoms with Gasteiger partial charge in [-0.15, -0.1) is 0 Å². The maximum Gasteiger partial charge on any atom is 0.231 e. The molecule has 1 N–H and O–H groups in total. The van der Waals surface area contributed by atoms with Crippen LogP contribution in [0.1, 0.15) is 11.1 Å². The summed E-state index contributed by atoms with van der Waals surface area (Å²) in [5.74, 6) is 1.25. The minimum Gasteiger partial charge on any atom is -0.454 e. The van der Waals surface area contributed by atoms with Crippen molar-refractivity contribution < 1.29 is 18.7 Å². The lowest BCUT2D eigenvalue weighted by atomic mass is 10.1. The third kappa shape index (κ3) is 2.03. The molecule has 0 unspecified atom stereocenters. The minimum atomic E-state index is -0.530. The molecular weight excluding hydrogens is 201 g/mol. The SMILES string of the molecule is CONCc1cc2c(cc1CF)OCO2. The smallest absolute Gasteiger partial charge is 0.231 e. The van der Waals surface area contributed by atoms with Crippen LogP contribution in [0.25, 0.3) is 0 Å². The summed E-state index contributed by atoms with van der Waals surface area (Å²) >= 11 is 0. The van der Waals surface area contributed by atoms with Gasteiger partial charge in [-0.25, -0.2) is 4.39 Å². The van der Waals surface area contributed by atoms with Crippen molar-refractivity contribution in [2.24, 2.45) is 0 Å². The second-order valence-corrected chi connectivity index (χ2v) is 3.13. The van der Waals surface area contributed by atoms with Crippen molar-refractivity contribution in [1.82, 2.24) is 5.48 Å². The van der Waals surface area contributed by atoms with Gasteiger partial charge in [0.05, 0.1) is 7.11 Å². The van der Waals surface area contributed by atoms with Gasteiger partial charge >= 0.3 is 0 Å². The summed E-state index contributed by atoms with van der Waals surface area (Å²) in [5, 5.41) is 0. The van der Waals surface area contributed by atoms with Crippen LogP contribution < -0.4 is 15.0 Å². The molecule has 0 aliphatic carbocycles. The number of hydrogen-bond acceptors (Lipinski definition) is 4. The number of alkyl halides is 1. The predicted octanol–water partition coefficient (Wildman–Crippen LogP) is 1.54. The molecule has 82 valence electrons. The molecule has 1 aliphatic rings. The first-order valence-electron chi connectivity index (χ1n) is 4.58. The molecule has 0 aromatic heterocycles. The van der Waals surface area contributed by atoms with Gasteiger partial charge in [-0.3, -0.25) is 0 Å². The van der Waals surface area contributed by atoms with Crippen LogP contribution in [0, 0.1) is 0 Å². The Morgan fingerprint density at radius 1 is 1.33 bits per heavy atom. The third-order valence-corrected chi connectivity index (χ3v) is 2.25. The molecule has 1 aromatic carbocycles. The molecule has 2 rings (SSSR count). The normalized spacial score (nSPS) is 13.2. The highest BCUT2D eigenvalue weighted by Gasteiger charge is 2.16. The van der Waals surface area contributed by atoms with E-state index in [4.69, 9.17) is 14.3 Å². The number of hydrogen-bond donors (Lipinski definition) is 1. The molecule has 5 heteroatoms. The highest BCUT2D eigenvalue weighted by molar-refractivity contribution is 5.48. The van der Waals surface area contributed by atoms with Crippen LogP contribution >= 0.6 is 0 Å². The standard InChI is InChI=1S/C10H12FNO3/c1-13-12-5-8-3-10-9(14-6-15-10)2-7(8)4-11/h2-3,12H,4-6H2,1H3. The number of hydroxylamine groups is 1. The second-order valence-electron chi connectivity index (χ2n) is 3.13. The lowest BCUT2D eigenvalue weighted by molar-refractivity contribution is 0.0864. The van der Waals surface area contributed by atoms with Gasteiger partial charge in [0.2, 0.25) is 6.79 Å². The zero-order valence-electron chi connectivity index (χ0n) is 8.38. The van der Waals surface area contributed by atoms with E-state index in [2.05, 4.69) is 5.48 Å². The van der Waals surface area contributed by atoms with E-state index in [1.54, 1.807) is 12.1 Å². The predicted molar refractivity (Wildman–Crippen MR) is 51.2 cm³/mol. The fourth-order valence-corrected chi connectivity index (χ4v) is 1.47. The van der Waals surface area contributed by atoms with Crippen molar-refractivity contribution in [2.45, 2.75) is 13.2 Å². The number of rotatable bonds is 4. The van der Waals surface area contributed by atoms with Crippen molar-refractivity contribution in [1.29, 1.82) is 0 Å². The summed E-state index contributed by atoms with van der Waals surface area (Å²) in [4.78, 5) is 4.72. The van der Waals surface area contributed by atoms with Crippen LogP contribution in [-0.2, 0) is 18.1 Å². The average Bonchev–Trinajstić information content (AvgIpc) is 2.71. The average molecular weight is 213 g/mol. The molecule has 15 heavy (non-hydrogen) atoms. The van der Waals surface area contributed by atoms with E-state index in [0.29, 0.717) is 23.6 Å². The number of benzene rings is 1. The fraction of sp³-hybridized carbons (Fsp3) is 0.400. The van der Waals surface area contributed by atoms with Gasteiger partial charge in [-0.1, -0.05) is 0 Å². The summed E-state index contributed by atoms with van der Waals surface area (Å²) in [6.07, 6.45) is 0. The lowest BCUT2D eigenvalue weighted by Crippen LogP contribution is -2.12. The van der Waals surface area contributed by atoms with Crippen molar-refractivity contribution in [3.63, 3.8) is 0 Å². The molecule has 0 saturated carbocycles. The summed E-state index contributed by atoms with van der Waals surface area (Å²) < 4.78 is 23.1. The highest BCUT2D eigenvalue weighted by Crippen LogP contribution is 2.35. The number of ether oxygens (including phenoxy) is 2. The molecule has 1 aromatic rings. The first-order valence-corrected chi connectivity index (χ1v) is 4.58. The Hall–Kier alpha value is -1.33. The van der Waals surface area contributed by atoms with Crippen molar-refractivity contribution in [3.8, 4) is 11.5 Å². The maximum absolute atomic E-state index is 12.7. The van der Waals surface area contributed by atoms with E-state index in [0.717, 1.165) is 5.56 Å². The molecule has 0 atom stereocenters. The van der Waals surface area contributed by atoms with Gasteiger partial charge in [0.15, 0.2) is 11.5 Å². The third-order valence-electron chi connectivity index (χ3n) is 2.25. The van der Waals surface area contributed by atoms with Crippen LogP contribution in [-0.4, -0.2) is 13.9 Å². The summed E-state index contributed by atoms with van der Waals surface area (Å²) in [6.45, 7) is 0.103. The molecule has 0 fully saturated rings. The first-order chi connectivity index (χ1) is 7.35. The van der Waals surface area contributed by atoms with Crippen LogP contribution in [0.2, 0.25) is 0 Å². The van der Waals surface area contributed by atoms with Crippen LogP contribution in [0.4, 0.5) is 4.39 Å². The van der Waals surface area contributed by atoms with E-state index in [-0.39, 0.29) is 6.79 Å². The fourth-order valence-electron chi connectivity index (χ4n) is 1.47. The Balaban J connectivity index is 2.27. The van der Waals surface area contributed by atoms with Gasteiger partial charge in [-0.05, 0) is 23.3 Å². The summed E-state index contributed by atoms with van der Waals surface area (Å²) in [6, 6.07) is 3.43. The lowest BCUT2D eigenvalue weighted by Gasteiger charge is -2.08. The first kappa shape index (κ1) is 10.2.